The van der Waals surface area contributed by atoms with Crippen LogP contribution in [-0.2, 0) is 0 Å². The van der Waals surface area contributed by atoms with Crippen molar-refractivity contribution in [3.05, 3.63) is 59.0 Å². The molecule has 2 rings (SSSR count). The van der Waals surface area contributed by atoms with Gasteiger partial charge in [0, 0.05) is 5.56 Å². The highest BCUT2D eigenvalue weighted by Crippen LogP contribution is 2.21. The second kappa shape index (κ2) is 5.21. The van der Waals surface area contributed by atoms with Gasteiger partial charge < -0.3 is 4.42 Å². The average molecular weight is 242 g/mol. The van der Waals surface area contributed by atoms with Gasteiger partial charge in [0.1, 0.15) is 5.76 Å². The molecule has 1 heterocycles. The Hall–Kier alpha value is -1.83. The van der Waals surface area contributed by atoms with Crippen molar-refractivity contribution in [1.82, 2.24) is 0 Å². The summed E-state index contributed by atoms with van der Waals surface area (Å²) < 4.78 is 5.17. The monoisotopic (exact) mass is 242 g/mol. The third kappa shape index (κ3) is 2.37. The van der Waals surface area contributed by atoms with Gasteiger partial charge in [0.2, 0.25) is 0 Å². The molecular weight excluding hydrogens is 224 g/mol. The van der Waals surface area contributed by atoms with Crippen LogP contribution in [-0.4, -0.2) is 5.78 Å². The highest BCUT2D eigenvalue weighted by atomic mass is 16.3. The molecule has 0 radical (unpaired) electrons. The molecule has 2 nitrogen and oxygen atoms in total. The molecule has 0 bridgehead atoms. The quantitative estimate of drug-likeness (QED) is 0.747. The Labute approximate surface area is 108 Å². The number of benzene rings is 1. The zero-order valence-corrected chi connectivity index (χ0v) is 11.1. The van der Waals surface area contributed by atoms with E-state index in [1.165, 1.54) is 5.56 Å². The number of ketones is 1. The van der Waals surface area contributed by atoms with E-state index in [1.54, 1.807) is 19.3 Å². The van der Waals surface area contributed by atoms with Crippen LogP contribution in [0.5, 0.6) is 0 Å². The number of rotatable bonds is 4. The van der Waals surface area contributed by atoms with E-state index in [1.807, 2.05) is 24.3 Å². The summed E-state index contributed by atoms with van der Waals surface area (Å²) in [7, 11) is 0. The first-order valence-corrected chi connectivity index (χ1v) is 6.32. The molecular formula is C16H18O2. The molecule has 0 fully saturated rings. The minimum absolute atomic E-state index is 0.0250. The van der Waals surface area contributed by atoms with E-state index in [-0.39, 0.29) is 5.78 Å². The molecule has 1 atom stereocenters. The zero-order valence-electron chi connectivity index (χ0n) is 11.1. The van der Waals surface area contributed by atoms with E-state index in [2.05, 4.69) is 13.8 Å². The number of hydrogen-bond donors (Lipinski definition) is 0. The largest absolute Gasteiger partial charge is 0.469 e. The lowest BCUT2D eigenvalue weighted by Crippen LogP contribution is -2.02. The van der Waals surface area contributed by atoms with Crippen molar-refractivity contribution in [2.45, 2.75) is 33.1 Å². The van der Waals surface area contributed by atoms with Gasteiger partial charge in [-0.15, -0.1) is 0 Å². The van der Waals surface area contributed by atoms with Gasteiger partial charge in [-0.25, -0.2) is 0 Å². The van der Waals surface area contributed by atoms with Crippen LogP contribution in [0.3, 0.4) is 0 Å². The second-order valence-electron chi connectivity index (χ2n) is 4.65. The lowest BCUT2D eigenvalue weighted by atomic mass is 9.96. The van der Waals surface area contributed by atoms with Crippen molar-refractivity contribution in [1.29, 1.82) is 0 Å². The smallest absolute Gasteiger partial charge is 0.196 e. The average Bonchev–Trinajstić information content (AvgIpc) is 2.83. The SMILES string of the molecule is CCC(C)c1ccc(C(=O)c2ccoc2C)cc1. The lowest BCUT2D eigenvalue weighted by Gasteiger charge is -2.09. The third-order valence-electron chi connectivity index (χ3n) is 3.46. The normalized spacial score (nSPS) is 12.4. The van der Waals surface area contributed by atoms with E-state index in [4.69, 9.17) is 4.42 Å². The number of carbonyl (C=O) groups excluding carboxylic acids is 1. The minimum atomic E-state index is 0.0250. The van der Waals surface area contributed by atoms with Crippen molar-refractivity contribution in [3.63, 3.8) is 0 Å². The Morgan fingerprint density at radius 3 is 2.39 bits per heavy atom. The standard InChI is InChI=1S/C16H18O2/c1-4-11(2)13-5-7-14(8-6-13)16(17)15-9-10-18-12(15)3/h5-11H,4H2,1-3H3. The fourth-order valence-corrected chi connectivity index (χ4v) is 1.97. The summed E-state index contributed by atoms with van der Waals surface area (Å²) in [6.45, 7) is 6.16. The predicted molar refractivity (Wildman–Crippen MR) is 72.0 cm³/mol. The van der Waals surface area contributed by atoms with Gasteiger partial charge in [-0.3, -0.25) is 4.79 Å². The summed E-state index contributed by atoms with van der Waals surface area (Å²) in [6.07, 6.45) is 2.66. The van der Waals surface area contributed by atoms with Gasteiger partial charge in [-0.1, -0.05) is 38.1 Å². The highest BCUT2D eigenvalue weighted by molar-refractivity contribution is 6.09. The number of furan rings is 1. The minimum Gasteiger partial charge on any atom is -0.469 e. The number of aryl methyl sites for hydroxylation is 1. The van der Waals surface area contributed by atoms with Gasteiger partial charge in [-0.2, -0.15) is 0 Å². The second-order valence-corrected chi connectivity index (χ2v) is 4.65. The maximum Gasteiger partial charge on any atom is 0.196 e. The topological polar surface area (TPSA) is 30.2 Å². The first-order valence-electron chi connectivity index (χ1n) is 6.32. The van der Waals surface area contributed by atoms with Gasteiger partial charge >= 0.3 is 0 Å². The molecule has 2 heteroatoms. The molecule has 18 heavy (non-hydrogen) atoms. The van der Waals surface area contributed by atoms with Crippen LogP contribution in [0.2, 0.25) is 0 Å². The predicted octanol–water partition coefficient (Wildman–Crippen LogP) is 4.33. The fraction of sp³-hybridized carbons (Fsp3) is 0.312. The van der Waals surface area contributed by atoms with Crippen LogP contribution in [0.25, 0.3) is 0 Å². The molecule has 0 spiro atoms. The molecule has 1 aromatic heterocycles. The van der Waals surface area contributed by atoms with Gasteiger partial charge in [-0.05, 0) is 30.9 Å². The molecule has 0 saturated heterocycles. The van der Waals surface area contributed by atoms with Gasteiger partial charge in [0.25, 0.3) is 0 Å². The molecule has 0 N–H and O–H groups in total. The van der Waals surface area contributed by atoms with Crippen molar-refractivity contribution >= 4 is 5.78 Å². The van der Waals surface area contributed by atoms with Crippen molar-refractivity contribution < 1.29 is 9.21 Å². The first kappa shape index (κ1) is 12.6. The number of hydrogen-bond acceptors (Lipinski definition) is 2. The summed E-state index contributed by atoms with van der Waals surface area (Å²) in [6, 6.07) is 9.60. The highest BCUT2D eigenvalue weighted by Gasteiger charge is 2.14. The van der Waals surface area contributed by atoms with Gasteiger partial charge in [0.15, 0.2) is 5.78 Å². The van der Waals surface area contributed by atoms with E-state index in [0.29, 0.717) is 22.8 Å². The van der Waals surface area contributed by atoms with E-state index >= 15 is 0 Å². The summed E-state index contributed by atoms with van der Waals surface area (Å²) >= 11 is 0. The molecule has 0 aliphatic carbocycles. The molecule has 0 saturated carbocycles. The molecule has 94 valence electrons. The van der Waals surface area contributed by atoms with Crippen molar-refractivity contribution in [3.8, 4) is 0 Å². The first-order chi connectivity index (χ1) is 8.63. The van der Waals surface area contributed by atoms with E-state index in [9.17, 15) is 4.79 Å². The fourth-order valence-electron chi connectivity index (χ4n) is 1.97. The Morgan fingerprint density at radius 2 is 1.89 bits per heavy atom. The Bertz CT molecular complexity index is 534. The molecule has 0 aliphatic heterocycles. The maximum absolute atomic E-state index is 12.2. The summed E-state index contributed by atoms with van der Waals surface area (Å²) in [5.74, 6) is 1.23. The number of carbonyl (C=O) groups is 1. The summed E-state index contributed by atoms with van der Waals surface area (Å²) in [4.78, 5) is 12.2. The van der Waals surface area contributed by atoms with Crippen LogP contribution in [0.15, 0.2) is 41.0 Å². The zero-order chi connectivity index (χ0) is 13.1. The Balaban J connectivity index is 2.25. The molecule has 1 aromatic carbocycles. The molecule has 0 aliphatic rings. The molecule has 0 amide bonds. The molecule has 2 aromatic rings. The summed E-state index contributed by atoms with van der Waals surface area (Å²) in [5, 5.41) is 0. The van der Waals surface area contributed by atoms with Crippen LogP contribution < -0.4 is 0 Å². The Kier molecular flexibility index (Phi) is 3.66. The van der Waals surface area contributed by atoms with Crippen molar-refractivity contribution in [2.24, 2.45) is 0 Å². The van der Waals surface area contributed by atoms with Crippen LogP contribution in [0.4, 0.5) is 0 Å². The third-order valence-corrected chi connectivity index (χ3v) is 3.46. The van der Waals surface area contributed by atoms with Crippen LogP contribution in [0.1, 0.15) is 53.4 Å². The lowest BCUT2D eigenvalue weighted by molar-refractivity contribution is 0.103. The van der Waals surface area contributed by atoms with Crippen LogP contribution in [0, 0.1) is 6.92 Å². The van der Waals surface area contributed by atoms with Crippen LogP contribution >= 0.6 is 0 Å². The Morgan fingerprint density at radius 1 is 1.22 bits per heavy atom. The van der Waals surface area contributed by atoms with E-state index in [0.717, 1.165) is 6.42 Å². The van der Waals surface area contributed by atoms with Gasteiger partial charge in [0.05, 0.1) is 11.8 Å². The summed E-state index contributed by atoms with van der Waals surface area (Å²) in [5.41, 5.74) is 2.64. The van der Waals surface area contributed by atoms with E-state index < -0.39 is 0 Å². The maximum atomic E-state index is 12.2. The van der Waals surface area contributed by atoms with Crippen molar-refractivity contribution in [2.75, 3.05) is 0 Å². The molecule has 1 unspecified atom stereocenters.